The minimum Gasteiger partial charge on any atom is -0.484 e. The molecule has 1 aliphatic heterocycles. The molecule has 10 heteroatoms. The van der Waals surface area contributed by atoms with Crippen LogP contribution in [0.1, 0.15) is 25.3 Å². The van der Waals surface area contributed by atoms with Gasteiger partial charge < -0.3 is 36.1 Å². The number of carbonyl (C=O) groups is 3. The summed E-state index contributed by atoms with van der Waals surface area (Å²) in [4.78, 5) is 33.6. The number of esters is 1. The van der Waals surface area contributed by atoms with Gasteiger partial charge in [-0.2, -0.15) is 0 Å². The zero-order valence-corrected chi connectivity index (χ0v) is 16.9. The first-order chi connectivity index (χ1) is 14.3. The third-order valence-electron chi connectivity index (χ3n) is 4.75. The molecule has 6 N–H and O–H groups in total. The molecule has 0 radical (unpaired) electrons. The maximum absolute atomic E-state index is 11.8. The van der Waals surface area contributed by atoms with E-state index in [1.165, 1.54) is 6.92 Å². The molecule has 166 valence electrons. The van der Waals surface area contributed by atoms with Crippen LogP contribution in [0.15, 0.2) is 24.3 Å². The van der Waals surface area contributed by atoms with Crippen LogP contribution in [0.2, 0.25) is 0 Å². The average Bonchev–Trinajstić information content (AvgIpc) is 3.03. The van der Waals surface area contributed by atoms with E-state index in [0.717, 1.165) is 5.56 Å². The lowest BCUT2D eigenvalue weighted by molar-refractivity contribution is -0.151. The summed E-state index contributed by atoms with van der Waals surface area (Å²) >= 11 is 0. The first-order valence-electron chi connectivity index (χ1n) is 9.81. The number of aliphatic carboxylic acids is 1. The summed E-state index contributed by atoms with van der Waals surface area (Å²) in [6.45, 7) is 1.84. The number of rotatable bonds is 11. The van der Waals surface area contributed by atoms with Gasteiger partial charge in [-0.25, -0.2) is 0 Å². The van der Waals surface area contributed by atoms with E-state index in [1.54, 1.807) is 12.1 Å². The average molecular weight is 423 g/mol. The summed E-state index contributed by atoms with van der Waals surface area (Å²) in [7, 11) is 0. The molecule has 0 aromatic heterocycles. The SMILES string of the molecule is CC(=O)O[C@@H]1[C@@H](O)CN[C@@H]1Cc1ccc(OCC(=O)NCCC[C@H](N)C(=O)O)cc1. The van der Waals surface area contributed by atoms with Gasteiger partial charge in [-0.3, -0.25) is 14.4 Å². The Bertz CT molecular complexity index is 726. The highest BCUT2D eigenvalue weighted by atomic mass is 16.6. The molecule has 1 saturated heterocycles. The van der Waals surface area contributed by atoms with Crippen LogP contribution in [0.4, 0.5) is 0 Å². The molecule has 2 rings (SSSR count). The molecule has 0 unspecified atom stereocenters. The third kappa shape index (κ3) is 7.62. The second-order valence-corrected chi connectivity index (χ2v) is 7.23. The number of β-amino-alcohol motifs (C(OH)–C–C–N with tert-alkyl or cyclic N) is 1. The van der Waals surface area contributed by atoms with Gasteiger partial charge in [0.05, 0.1) is 6.04 Å². The van der Waals surface area contributed by atoms with Crippen molar-refractivity contribution in [2.24, 2.45) is 5.73 Å². The van der Waals surface area contributed by atoms with Crippen molar-refractivity contribution in [1.29, 1.82) is 0 Å². The molecule has 1 heterocycles. The predicted octanol–water partition coefficient (Wildman–Crippen LogP) is -0.819. The molecule has 1 aromatic carbocycles. The number of nitrogens with one attached hydrogen (secondary N) is 2. The van der Waals surface area contributed by atoms with Gasteiger partial charge in [0.25, 0.3) is 5.91 Å². The highest BCUT2D eigenvalue weighted by Crippen LogP contribution is 2.19. The van der Waals surface area contributed by atoms with Crippen LogP contribution in [-0.4, -0.2) is 72.0 Å². The third-order valence-corrected chi connectivity index (χ3v) is 4.75. The lowest BCUT2D eigenvalue weighted by Gasteiger charge is -2.21. The lowest BCUT2D eigenvalue weighted by Crippen LogP contribution is -2.38. The largest absolute Gasteiger partial charge is 0.484 e. The molecule has 1 aliphatic rings. The number of amides is 1. The Kier molecular flexibility index (Phi) is 9.03. The van der Waals surface area contributed by atoms with Crippen molar-refractivity contribution in [1.82, 2.24) is 10.6 Å². The number of benzene rings is 1. The van der Waals surface area contributed by atoms with Crippen molar-refractivity contribution in [2.45, 2.75) is 50.5 Å². The Labute approximate surface area is 174 Å². The number of aliphatic hydroxyl groups is 1. The van der Waals surface area contributed by atoms with Crippen LogP contribution in [0.3, 0.4) is 0 Å². The van der Waals surface area contributed by atoms with Crippen molar-refractivity contribution in [3.63, 3.8) is 0 Å². The molecule has 10 nitrogen and oxygen atoms in total. The minimum atomic E-state index is -1.06. The van der Waals surface area contributed by atoms with Crippen molar-refractivity contribution in [2.75, 3.05) is 19.7 Å². The topological polar surface area (TPSA) is 160 Å². The van der Waals surface area contributed by atoms with E-state index in [2.05, 4.69) is 10.6 Å². The molecule has 4 atom stereocenters. The summed E-state index contributed by atoms with van der Waals surface area (Å²) in [6.07, 6.45) is -0.0178. The van der Waals surface area contributed by atoms with E-state index in [9.17, 15) is 19.5 Å². The van der Waals surface area contributed by atoms with E-state index < -0.39 is 30.2 Å². The van der Waals surface area contributed by atoms with Gasteiger partial charge in [-0.1, -0.05) is 12.1 Å². The normalized spacial score (nSPS) is 21.6. The van der Waals surface area contributed by atoms with Gasteiger partial charge in [0.1, 0.15) is 24.0 Å². The van der Waals surface area contributed by atoms with E-state index in [-0.39, 0.29) is 25.0 Å². The zero-order chi connectivity index (χ0) is 22.1. The second-order valence-electron chi connectivity index (χ2n) is 7.23. The van der Waals surface area contributed by atoms with Gasteiger partial charge in [0, 0.05) is 20.0 Å². The monoisotopic (exact) mass is 423 g/mol. The predicted molar refractivity (Wildman–Crippen MR) is 107 cm³/mol. The van der Waals surface area contributed by atoms with Gasteiger partial charge in [0.2, 0.25) is 0 Å². The van der Waals surface area contributed by atoms with Gasteiger partial charge in [-0.15, -0.1) is 0 Å². The summed E-state index contributed by atoms with van der Waals surface area (Å²) in [5.74, 6) is -1.27. The number of carbonyl (C=O) groups excluding carboxylic acids is 2. The van der Waals surface area contributed by atoms with E-state index in [4.69, 9.17) is 20.3 Å². The summed E-state index contributed by atoms with van der Waals surface area (Å²) in [5.41, 5.74) is 6.36. The molecule has 0 aliphatic carbocycles. The second kappa shape index (κ2) is 11.5. The summed E-state index contributed by atoms with van der Waals surface area (Å²) in [5, 5.41) is 24.4. The molecule has 30 heavy (non-hydrogen) atoms. The van der Waals surface area contributed by atoms with Gasteiger partial charge in [0.15, 0.2) is 6.61 Å². The van der Waals surface area contributed by atoms with Crippen LogP contribution in [0.5, 0.6) is 5.75 Å². The Balaban J connectivity index is 1.72. The molecule has 1 aromatic rings. The first-order valence-corrected chi connectivity index (χ1v) is 9.81. The highest BCUT2D eigenvalue weighted by Gasteiger charge is 2.37. The number of nitrogens with two attached hydrogens (primary N) is 1. The maximum Gasteiger partial charge on any atom is 0.320 e. The van der Waals surface area contributed by atoms with Crippen LogP contribution in [-0.2, 0) is 25.5 Å². The van der Waals surface area contributed by atoms with E-state index >= 15 is 0 Å². The Morgan fingerprint density at radius 2 is 2.00 bits per heavy atom. The Morgan fingerprint density at radius 3 is 2.63 bits per heavy atom. The van der Waals surface area contributed by atoms with Crippen molar-refractivity contribution in [3.8, 4) is 5.75 Å². The fraction of sp³-hybridized carbons (Fsp3) is 0.550. The van der Waals surface area contributed by atoms with Crippen LogP contribution >= 0.6 is 0 Å². The molecule has 0 saturated carbocycles. The number of carboxylic acid groups (broad SMARTS) is 1. The Hall–Kier alpha value is -2.69. The number of hydrogen-bond donors (Lipinski definition) is 5. The minimum absolute atomic E-state index is 0.158. The number of ether oxygens (including phenoxy) is 2. The van der Waals surface area contributed by atoms with Crippen molar-refractivity contribution < 1.29 is 34.1 Å². The van der Waals surface area contributed by atoms with Gasteiger partial charge >= 0.3 is 11.9 Å². The zero-order valence-electron chi connectivity index (χ0n) is 16.9. The van der Waals surface area contributed by atoms with Crippen LogP contribution in [0.25, 0.3) is 0 Å². The molecule has 0 spiro atoms. The number of aliphatic hydroxyl groups excluding tert-OH is 1. The van der Waals surface area contributed by atoms with Crippen LogP contribution < -0.4 is 21.1 Å². The molecular formula is C20H29N3O7. The molecule has 1 amide bonds. The Morgan fingerprint density at radius 1 is 1.30 bits per heavy atom. The first kappa shape index (κ1) is 23.6. The molecule has 0 bridgehead atoms. The van der Waals surface area contributed by atoms with E-state index in [0.29, 0.717) is 31.7 Å². The highest BCUT2D eigenvalue weighted by molar-refractivity contribution is 5.77. The van der Waals surface area contributed by atoms with Crippen molar-refractivity contribution >= 4 is 17.8 Å². The molecular weight excluding hydrogens is 394 g/mol. The number of hydrogen-bond acceptors (Lipinski definition) is 8. The fourth-order valence-electron chi connectivity index (χ4n) is 3.16. The summed E-state index contributed by atoms with van der Waals surface area (Å²) in [6, 6.07) is 6.05. The smallest absolute Gasteiger partial charge is 0.320 e. The number of carboxylic acids is 1. The summed E-state index contributed by atoms with van der Waals surface area (Å²) < 4.78 is 10.6. The lowest BCUT2D eigenvalue weighted by atomic mass is 10.0. The quantitative estimate of drug-likeness (QED) is 0.226. The standard InChI is InChI=1S/C20H29N3O7/c1-12(24)30-19-16(23-10-17(19)25)9-13-4-6-14(7-5-13)29-11-18(26)22-8-2-3-15(21)20(27)28/h4-7,15-17,19,23,25H,2-3,8-11,21H2,1H3,(H,22,26)(H,27,28)/t15-,16+,17-,19-/m0/s1. The van der Waals surface area contributed by atoms with Gasteiger partial charge in [-0.05, 0) is 37.0 Å². The van der Waals surface area contributed by atoms with Crippen molar-refractivity contribution in [3.05, 3.63) is 29.8 Å². The van der Waals surface area contributed by atoms with E-state index in [1.807, 2.05) is 12.1 Å². The maximum atomic E-state index is 11.8. The fourth-order valence-corrected chi connectivity index (χ4v) is 3.16. The molecule has 1 fully saturated rings. The van der Waals surface area contributed by atoms with Crippen LogP contribution in [0, 0.1) is 0 Å².